The Labute approximate surface area is 294 Å². The topological polar surface area (TPSA) is 163 Å². The first-order valence-corrected chi connectivity index (χ1v) is 19.1. The second-order valence-electron chi connectivity index (χ2n) is 14.4. The molecule has 4 aliphatic heterocycles. The van der Waals surface area contributed by atoms with Crippen molar-refractivity contribution < 1.29 is 24.0 Å². The quantitative estimate of drug-likeness (QED) is 0.183. The predicted octanol–water partition coefficient (Wildman–Crippen LogP) is 3.22. The van der Waals surface area contributed by atoms with Crippen LogP contribution in [0, 0.1) is 0 Å². The maximum atomic E-state index is 13.1. The number of imide groups is 1. The third kappa shape index (κ3) is 6.47. The molecular formula is C37H43N7O5S. The second kappa shape index (κ2) is 13.6. The Morgan fingerprint density at radius 3 is 2.50 bits per heavy atom. The number of carbonyl (C=O) groups excluding carboxylic acids is 3. The number of aromatic nitrogens is 2. The average molecular weight is 698 g/mol. The number of aliphatic hydroxyl groups is 1. The number of hydrogen-bond donors (Lipinski definition) is 4. The van der Waals surface area contributed by atoms with Crippen LogP contribution in [0.3, 0.4) is 0 Å². The molecule has 1 saturated carbocycles. The summed E-state index contributed by atoms with van der Waals surface area (Å²) < 4.78 is 12.7. The van der Waals surface area contributed by atoms with Crippen LogP contribution in [0.2, 0.25) is 0 Å². The summed E-state index contributed by atoms with van der Waals surface area (Å²) in [6.45, 7) is 3.85. The van der Waals surface area contributed by atoms with E-state index in [1.807, 2.05) is 6.07 Å². The third-order valence-corrected chi connectivity index (χ3v) is 12.6. The lowest BCUT2D eigenvalue weighted by molar-refractivity contribution is -0.136. The Morgan fingerprint density at radius 2 is 1.78 bits per heavy atom. The number of piperidine rings is 2. The molecule has 1 aromatic heterocycles. The normalized spacial score (nSPS) is 23.3. The van der Waals surface area contributed by atoms with E-state index in [0.29, 0.717) is 59.8 Å². The van der Waals surface area contributed by atoms with Gasteiger partial charge in [-0.05, 0) is 97.0 Å². The van der Waals surface area contributed by atoms with Crippen LogP contribution < -0.4 is 16.0 Å². The Balaban J connectivity index is 0.838. The van der Waals surface area contributed by atoms with Crippen molar-refractivity contribution in [3.63, 3.8) is 0 Å². The Hall–Kier alpha value is -4.04. The van der Waals surface area contributed by atoms with E-state index in [2.05, 4.69) is 62.2 Å². The zero-order chi connectivity index (χ0) is 34.4. The largest absolute Gasteiger partial charge is 0.611 e. The van der Waals surface area contributed by atoms with Crippen molar-refractivity contribution in [1.29, 1.82) is 0 Å². The van der Waals surface area contributed by atoms with E-state index in [4.69, 9.17) is 4.98 Å². The minimum Gasteiger partial charge on any atom is -0.611 e. The van der Waals surface area contributed by atoms with Crippen LogP contribution in [-0.4, -0.2) is 84.2 Å². The SMILES string of the molecule is O=C1CCC(N2Cc3cc(C4CCN(Cc5ccc(CNc6nc7c(c(NC8(CO)CCC8)n6)[S@+]([O-])CC7)cc5)CC4)ccc3C2=O)C(=O)N1. The maximum Gasteiger partial charge on any atom is 0.255 e. The zero-order valence-corrected chi connectivity index (χ0v) is 28.9. The highest BCUT2D eigenvalue weighted by Crippen LogP contribution is 2.39. The summed E-state index contributed by atoms with van der Waals surface area (Å²) in [5.41, 5.74) is 5.68. The molecule has 4 N–H and O–H groups in total. The van der Waals surface area contributed by atoms with E-state index in [9.17, 15) is 24.0 Å². The van der Waals surface area contributed by atoms with Gasteiger partial charge in [-0.25, -0.2) is 4.98 Å². The maximum absolute atomic E-state index is 13.1. The van der Waals surface area contributed by atoms with Crippen LogP contribution in [0.1, 0.15) is 89.2 Å². The molecule has 50 heavy (non-hydrogen) atoms. The molecule has 0 bridgehead atoms. The zero-order valence-electron chi connectivity index (χ0n) is 28.1. The molecule has 2 atom stereocenters. The van der Waals surface area contributed by atoms with Crippen LogP contribution >= 0.6 is 0 Å². The number of benzene rings is 2. The van der Waals surface area contributed by atoms with Crippen LogP contribution in [0.5, 0.6) is 0 Å². The van der Waals surface area contributed by atoms with Gasteiger partial charge in [0.05, 0.1) is 12.1 Å². The van der Waals surface area contributed by atoms with Gasteiger partial charge in [0.15, 0.2) is 5.82 Å². The average Bonchev–Trinajstić information content (AvgIpc) is 3.65. The lowest BCUT2D eigenvalue weighted by Gasteiger charge is -2.41. The molecule has 3 fully saturated rings. The molecule has 3 amide bonds. The molecule has 8 rings (SSSR count). The van der Waals surface area contributed by atoms with Gasteiger partial charge in [-0.2, -0.15) is 4.98 Å². The molecule has 1 unspecified atom stereocenters. The molecule has 2 aromatic carbocycles. The fraction of sp³-hybridized carbons (Fsp3) is 0.486. The van der Waals surface area contributed by atoms with Gasteiger partial charge in [-0.3, -0.25) is 24.6 Å². The summed E-state index contributed by atoms with van der Waals surface area (Å²) in [6, 6.07) is 14.2. The fourth-order valence-corrected chi connectivity index (χ4v) is 9.32. The van der Waals surface area contributed by atoms with Gasteiger partial charge in [-0.1, -0.05) is 36.4 Å². The van der Waals surface area contributed by atoms with Crippen LogP contribution in [-0.2, 0) is 46.8 Å². The number of rotatable bonds is 10. The van der Waals surface area contributed by atoms with Crippen LogP contribution in [0.15, 0.2) is 47.4 Å². The number of aliphatic hydroxyl groups excluding tert-OH is 1. The van der Waals surface area contributed by atoms with Gasteiger partial charge in [-0.15, -0.1) is 0 Å². The molecule has 2 saturated heterocycles. The lowest BCUT2D eigenvalue weighted by atomic mass is 9.77. The van der Waals surface area contributed by atoms with Gasteiger partial charge < -0.3 is 25.2 Å². The fourth-order valence-electron chi connectivity index (χ4n) is 8.01. The molecule has 1 aliphatic carbocycles. The number of carbonyl (C=O) groups is 3. The molecule has 5 heterocycles. The standard InChI is InChI=1S/C37H43N7O5S/c45-22-37(13-1-14-37)42-33-32-29(12-17-50(32)49)39-36(41-33)38-19-23-2-4-24(5-3-23)20-43-15-10-25(11-16-43)26-6-7-28-27(18-26)21-44(35(28)48)30-8-9-31(46)40-34(30)47/h2-7,18,25,30,45H,1,8-17,19-22H2,(H,40,46,47)(H2,38,39,41,42)/t30?,50-/m1/s1. The third-order valence-electron chi connectivity index (χ3n) is 11.2. The number of anilines is 2. The summed E-state index contributed by atoms with van der Waals surface area (Å²) in [6.07, 6.45) is 6.15. The van der Waals surface area contributed by atoms with Gasteiger partial charge in [0.25, 0.3) is 5.91 Å². The van der Waals surface area contributed by atoms with E-state index in [-0.39, 0.29) is 36.3 Å². The molecule has 12 nitrogen and oxygen atoms in total. The highest BCUT2D eigenvalue weighted by molar-refractivity contribution is 7.91. The molecule has 5 aliphatic rings. The molecule has 3 aromatic rings. The Morgan fingerprint density at radius 1 is 1.00 bits per heavy atom. The molecule has 262 valence electrons. The first-order valence-electron chi connectivity index (χ1n) is 17.8. The summed E-state index contributed by atoms with van der Waals surface area (Å²) in [5, 5.41) is 19.1. The van der Waals surface area contributed by atoms with Crippen molar-refractivity contribution in [3.05, 3.63) is 76.0 Å². The minimum atomic E-state index is -1.13. The van der Waals surface area contributed by atoms with Gasteiger partial charge in [0, 0.05) is 38.0 Å². The minimum absolute atomic E-state index is 0.0258. The summed E-state index contributed by atoms with van der Waals surface area (Å²) in [5.74, 6) is 1.28. The van der Waals surface area contributed by atoms with E-state index < -0.39 is 17.2 Å². The van der Waals surface area contributed by atoms with Crippen molar-refractivity contribution >= 4 is 40.7 Å². The predicted molar refractivity (Wildman–Crippen MR) is 188 cm³/mol. The molecule has 0 radical (unpaired) electrons. The number of likely N-dealkylation sites (tertiary alicyclic amines) is 1. The first-order chi connectivity index (χ1) is 24.3. The smallest absolute Gasteiger partial charge is 0.255 e. The number of nitrogens with one attached hydrogen (secondary N) is 3. The molecule has 13 heteroatoms. The summed E-state index contributed by atoms with van der Waals surface area (Å²) in [4.78, 5) is 51.3. The highest BCUT2D eigenvalue weighted by atomic mass is 32.2. The number of fused-ring (bicyclic) bond motifs is 2. The van der Waals surface area contributed by atoms with Crippen LogP contribution in [0.4, 0.5) is 11.8 Å². The molecular weight excluding hydrogens is 655 g/mol. The number of nitrogens with zero attached hydrogens (tertiary/aromatic N) is 4. The lowest BCUT2D eigenvalue weighted by Crippen LogP contribution is -2.52. The van der Waals surface area contributed by atoms with E-state index in [1.54, 1.807) is 4.90 Å². The van der Waals surface area contributed by atoms with Crippen molar-refractivity contribution in [2.45, 2.75) is 93.4 Å². The first kappa shape index (κ1) is 33.1. The number of hydrogen-bond acceptors (Lipinski definition) is 10. The highest BCUT2D eigenvalue weighted by Gasteiger charge is 2.41. The monoisotopic (exact) mass is 697 g/mol. The van der Waals surface area contributed by atoms with E-state index in [0.717, 1.165) is 68.6 Å². The van der Waals surface area contributed by atoms with Gasteiger partial charge in [0.1, 0.15) is 17.5 Å². The molecule has 0 spiro atoms. The van der Waals surface area contributed by atoms with Crippen molar-refractivity contribution in [2.75, 3.05) is 36.1 Å². The van der Waals surface area contributed by atoms with Crippen molar-refractivity contribution in [1.82, 2.24) is 25.1 Å². The summed E-state index contributed by atoms with van der Waals surface area (Å²) >= 11 is -1.13. The Kier molecular flexibility index (Phi) is 9.00. The van der Waals surface area contributed by atoms with Gasteiger partial charge >= 0.3 is 0 Å². The van der Waals surface area contributed by atoms with E-state index in [1.165, 1.54) is 11.1 Å². The van der Waals surface area contributed by atoms with E-state index >= 15 is 0 Å². The second-order valence-corrected chi connectivity index (χ2v) is 15.9. The van der Waals surface area contributed by atoms with Gasteiger partial charge in [0.2, 0.25) is 22.7 Å². The summed E-state index contributed by atoms with van der Waals surface area (Å²) in [7, 11) is 0. The van der Waals surface area contributed by atoms with Crippen molar-refractivity contribution in [3.8, 4) is 0 Å². The van der Waals surface area contributed by atoms with Crippen LogP contribution in [0.25, 0.3) is 0 Å². The number of amides is 3. The number of aryl methyl sites for hydroxylation is 1. The van der Waals surface area contributed by atoms with Crippen molar-refractivity contribution in [2.24, 2.45) is 0 Å². The Bertz CT molecular complexity index is 1800.